The highest BCUT2D eigenvalue weighted by Crippen LogP contribution is 2.35. The number of benzene rings is 1. The van der Waals surface area contributed by atoms with Crippen LogP contribution in [0.4, 0.5) is 11.4 Å². The molecule has 0 radical (unpaired) electrons. The topological polar surface area (TPSA) is 54.5 Å². The number of nitrogens with zero attached hydrogens (tertiary/aromatic N) is 2. The first kappa shape index (κ1) is 20.9. The summed E-state index contributed by atoms with van der Waals surface area (Å²) in [4.78, 5) is 21.0. The number of thiophene rings is 1. The summed E-state index contributed by atoms with van der Waals surface area (Å²) in [5.74, 6) is 1.25. The van der Waals surface area contributed by atoms with Gasteiger partial charge in [0, 0.05) is 24.5 Å². The number of anilines is 2. The Kier molecular flexibility index (Phi) is 6.69. The molecule has 0 saturated carbocycles. The molecule has 5 nitrogen and oxygen atoms in total. The predicted octanol–water partition coefficient (Wildman–Crippen LogP) is 6.15. The molecular weight excluding hydrogens is 414 g/mol. The number of methoxy groups -OCH3 is 1. The number of aromatic nitrogens is 1. The number of carbonyl (C=O) groups is 1. The maximum absolute atomic E-state index is 13.0. The largest absolute Gasteiger partial charge is 0.497 e. The van der Waals surface area contributed by atoms with Gasteiger partial charge in [0.15, 0.2) is 0 Å². The van der Waals surface area contributed by atoms with Crippen LogP contribution in [0, 0.1) is 5.92 Å². The molecule has 0 aliphatic carbocycles. The molecule has 3 heterocycles. The molecule has 1 N–H and O–H groups in total. The smallest absolute Gasteiger partial charge is 0.275 e. The third-order valence-electron chi connectivity index (χ3n) is 5.48. The van der Waals surface area contributed by atoms with Crippen molar-refractivity contribution in [1.82, 2.24) is 4.98 Å². The van der Waals surface area contributed by atoms with E-state index in [2.05, 4.69) is 28.2 Å². The van der Waals surface area contributed by atoms with Gasteiger partial charge in [0.05, 0.1) is 23.4 Å². The predicted molar refractivity (Wildman–Crippen MR) is 126 cm³/mol. The van der Waals surface area contributed by atoms with E-state index in [9.17, 15) is 4.79 Å². The number of thiazole rings is 1. The Hall–Kier alpha value is -2.38. The zero-order chi connectivity index (χ0) is 20.9. The molecule has 0 bridgehead atoms. The molecule has 0 spiro atoms. The summed E-state index contributed by atoms with van der Waals surface area (Å²) in [5.41, 5.74) is 2.28. The van der Waals surface area contributed by atoms with Crippen molar-refractivity contribution in [2.24, 2.45) is 5.92 Å². The molecule has 1 aliphatic rings. The van der Waals surface area contributed by atoms with E-state index in [1.807, 2.05) is 35.0 Å². The van der Waals surface area contributed by atoms with Crippen molar-refractivity contribution in [3.8, 4) is 15.6 Å². The Labute approximate surface area is 185 Å². The molecular formula is C23H27N3O2S2. The highest BCUT2D eigenvalue weighted by atomic mass is 32.1. The van der Waals surface area contributed by atoms with Crippen LogP contribution in [0.25, 0.3) is 9.88 Å². The van der Waals surface area contributed by atoms with Crippen LogP contribution in [0.1, 0.15) is 43.1 Å². The fourth-order valence-corrected chi connectivity index (χ4v) is 5.64. The molecule has 7 heteroatoms. The molecule has 3 aromatic rings. The first-order valence-electron chi connectivity index (χ1n) is 10.4. The minimum atomic E-state index is -0.189. The molecule has 1 amide bonds. The number of amides is 1. The van der Waals surface area contributed by atoms with Crippen LogP contribution in [-0.4, -0.2) is 31.1 Å². The van der Waals surface area contributed by atoms with Crippen LogP contribution < -0.4 is 15.0 Å². The van der Waals surface area contributed by atoms with Crippen molar-refractivity contribution >= 4 is 40.0 Å². The van der Waals surface area contributed by atoms with Crippen LogP contribution in [0.3, 0.4) is 0 Å². The van der Waals surface area contributed by atoms with Gasteiger partial charge < -0.3 is 15.0 Å². The quantitative estimate of drug-likeness (QED) is 0.478. The maximum atomic E-state index is 13.0. The van der Waals surface area contributed by atoms with Gasteiger partial charge >= 0.3 is 0 Å². The second kappa shape index (κ2) is 9.62. The normalized spacial score (nSPS) is 16.5. The minimum Gasteiger partial charge on any atom is -0.497 e. The van der Waals surface area contributed by atoms with E-state index in [1.165, 1.54) is 37.0 Å². The lowest BCUT2D eigenvalue weighted by molar-refractivity contribution is 0.102. The van der Waals surface area contributed by atoms with Crippen molar-refractivity contribution in [1.29, 1.82) is 0 Å². The molecule has 1 fully saturated rings. The summed E-state index contributed by atoms with van der Waals surface area (Å²) in [6, 6.07) is 9.94. The van der Waals surface area contributed by atoms with E-state index >= 15 is 0 Å². The summed E-state index contributed by atoms with van der Waals surface area (Å²) in [7, 11) is 1.65. The van der Waals surface area contributed by atoms with E-state index in [4.69, 9.17) is 4.74 Å². The summed E-state index contributed by atoms with van der Waals surface area (Å²) >= 11 is 3.12. The number of hydrogen-bond donors (Lipinski definition) is 1. The summed E-state index contributed by atoms with van der Waals surface area (Å²) < 4.78 is 5.42. The molecule has 1 aromatic carbocycles. The van der Waals surface area contributed by atoms with Crippen LogP contribution in [-0.2, 0) is 0 Å². The lowest BCUT2D eigenvalue weighted by Crippen LogP contribution is -2.36. The SMILES string of the molecule is CCCC1CCCN(c2ccc(OC)cc2NC(=O)c2csc(-c3cccs3)n2)C1. The van der Waals surface area contributed by atoms with Crippen molar-refractivity contribution in [3.63, 3.8) is 0 Å². The molecule has 1 atom stereocenters. The Balaban J connectivity index is 1.56. The van der Waals surface area contributed by atoms with Crippen LogP contribution in [0.15, 0.2) is 41.1 Å². The zero-order valence-corrected chi connectivity index (χ0v) is 19.0. The third kappa shape index (κ3) is 4.68. The number of hydrogen-bond acceptors (Lipinski definition) is 6. The van der Waals surface area contributed by atoms with E-state index in [0.29, 0.717) is 11.6 Å². The molecule has 2 aromatic heterocycles. The van der Waals surface area contributed by atoms with Crippen LogP contribution >= 0.6 is 22.7 Å². The Morgan fingerprint density at radius 1 is 1.33 bits per heavy atom. The van der Waals surface area contributed by atoms with Crippen molar-refractivity contribution in [3.05, 3.63) is 46.8 Å². The van der Waals surface area contributed by atoms with Crippen molar-refractivity contribution in [2.75, 3.05) is 30.4 Å². The van der Waals surface area contributed by atoms with Gasteiger partial charge in [-0.05, 0) is 48.8 Å². The van der Waals surface area contributed by atoms with E-state index < -0.39 is 0 Å². The average molecular weight is 442 g/mol. The number of rotatable bonds is 7. The van der Waals surface area contributed by atoms with Gasteiger partial charge in [-0.25, -0.2) is 4.98 Å². The van der Waals surface area contributed by atoms with Gasteiger partial charge in [-0.1, -0.05) is 19.4 Å². The molecule has 30 heavy (non-hydrogen) atoms. The van der Waals surface area contributed by atoms with Gasteiger partial charge in [-0.3, -0.25) is 4.79 Å². The highest BCUT2D eigenvalue weighted by molar-refractivity contribution is 7.20. The summed E-state index contributed by atoms with van der Waals surface area (Å²) in [6.45, 7) is 4.28. The van der Waals surface area contributed by atoms with Crippen LogP contribution in [0.2, 0.25) is 0 Å². The monoisotopic (exact) mass is 441 g/mol. The molecule has 1 aliphatic heterocycles. The third-order valence-corrected chi connectivity index (χ3v) is 7.36. The molecule has 1 saturated heterocycles. The second-order valence-electron chi connectivity index (χ2n) is 7.60. The zero-order valence-electron chi connectivity index (χ0n) is 17.4. The van der Waals surface area contributed by atoms with E-state index in [-0.39, 0.29) is 5.91 Å². The van der Waals surface area contributed by atoms with Gasteiger partial charge in [0.1, 0.15) is 16.5 Å². The standard InChI is InChI=1S/C23H27N3O2S2/c1-3-6-16-7-4-11-26(14-16)20-10-9-17(28-2)13-18(20)24-22(27)19-15-30-23(25-19)21-8-5-12-29-21/h5,8-10,12-13,15-16H,3-4,6-7,11,14H2,1-2H3,(H,24,27). The molecule has 1 unspecified atom stereocenters. The highest BCUT2D eigenvalue weighted by Gasteiger charge is 2.23. The summed E-state index contributed by atoms with van der Waals surface area (Å²) in [5, 5.41) is 7.80. The Morgan fingerprint density at radius 2 is 2.23 bits per heavy atom. The Bertz CT molecular complexity index is 982. The number of nitrogens with one attached hydrogen (secondary N) is 1. The minimum absolute atomic E-state index is 0.189. The second-order valence-corrected chi connectivity index (χ2v) is 9.40. The maximum Gasteiger partial charge on any atom is 0.275 e. The number of piperidine rings is 1. The van der Waals surface area contributed by atoms with Crippen molar-refractivity contribution in [2.45, 2.75) is 32.6 Å². The number of carbonyl (C=O) groups excluding carboxylic acids is 1. The fraction of sp³-hybridized carbons (Fsp3) is 0.391. The lowest BCUT2D eigenvalue weighted by Gasteiger charge is -2.35. The first-order valence-corrected chi connectivity index (χ1v) is 12.2. The Morgan fingerprint density at radius 3 is 3.00 bits per heavy atom. The van der Waals surface area contributed by atoms with Gasteiger partial charge in [-0.2, -0.15) is 0 Å². The molecule has 4 rings (SSSR count). The van der Waals surface area contributed by atoms with E-state index in [0.717, 1.165) is 40.1 Å². The van der Waals surface area contributed by atoms with Crippen LogP contribution in [0.5, 0.6) is 5.75 Å². The number of ether oxygens (including phenoxy) is 1. The molecule has 158 valence electrons. The lowest BCUT2D eigenvalue weighted by atomic mass is 9.93. The first-order chi connectivity index (χ1) is 14.7. The van der Waals surface area contributed by atoms with Gasteiger partial charge in [-0.15, -0.1) is 22.7 Å². The van der Waals surface area contributed by atoms with E-state index in [1.54, 1.807) is 18.4 Å². The average Bonchev–Trinajstić information content (AvgIpc) is 3.46. The van der Waals surface area contributed by atoms with Gasteiger partial charge in [0.25, 0.3) is 5.91 Å². The van der Waals surface area contributed by atoms with Crippen molar-refractivity contribution < 1.29 is 9.53 Å². The summed E-state index contributed by atoms with van der Waals surface area (Å²) in [6.07, 6.45) is 4.92. The fourth-order valence-electron chi connectivity index (χ4n) is 4.02. The van der Waals surface area contributed by atoms with Gasteiger partial charge in [0.2, 0.25) is 0 Å².